The van der Waals surface area contributed by atoms with E-state index in [0.717, 1.165) is 31.6 Å². The van der Waals surface area contributed by atoms with E-state index >= 15 is 0 Å². The normalized spacial score (nSPS) is 18.4. The van der Waals surface area contributed by atoms with Crippen LogP contribution in [0.1, 0.15) is 12.8 Å². The first-order chi connectivity index (χ1) is 11.4. The molecule has 1 fully saturated rings. The molecule has 1 aliphatic heterocycles. The van der Waals surface area contributed by atoms with Crippen molar-refractivity contribution in [1.29, 1.82) is 0 Å². The predicted octanol–water partition coefficient (Wildman–Crippen LogP) is 3.04. The van der Waals surface area contributed by atoms with Gasteiger partial charge in [-0.05, 0) is 49.2 Å². The minimum atomic E-state index is -3.66. The van der Waals surface area contributed by atoms with Gasteiger partial charge in [-0.15, -0.1) is 0 Å². The van der Waals surface area contributed by atoms with E-state index in [2.05, 4.69) is 4.90 Å². The fraction of sp³-hybridized carbons (Fsp3) is 0.294. The molecule has 0 spiro atoms. The van der Waals surface area contributed by atoms with Gasteiger partial charge in [0.05, 0.1) is 16.5 Å². The summed E-state index contributed by atoms with van der Waals surface area (Å²) in [5.74, 6) is 0.690. The van der Waals surface area contributed by atoms with E-state index in [1.807, 2.05) is 24.3 Å². The van der Waals surface area contributed by atoms with Gasteiger partial charge >= 0.3 is 0 Å². The number of anilines is 1. The van der Waals surface area contributed by atoms with Crippen molar-refractivity contribution in [2.45, 2.75) is 23.8 Å². The first-order valence-electron chi connectivity index (χ1n) is 7.72. The smallest absolute Gasteiger partial charge is 0.238 e. The number of nitrogens with two attached hydrogens (primary N) is 1. The summed E-state index contributed by atoms with van der Waals surface area (Å²) in [6.07, 6.45) is 1.99. The molecule has 0 aliphatic carbocycles. The third kappa shape index (κ3) is 4.01. The van der Waals surface area contributed by atoms with Gasteiger partial charge in [-0.3, -0.25) is 0 Å². The van der Waals surface area contributed by atoms with Crippen molar-refractivity contribution >= 4 is 27.3 Å². The lowest BCUT2D eigenvalue weighted by atomic mass is 10.1. The van der Waals surface area contributed by atoms with Gasteiger partial charge in [0.25, 0.3) is 0 Å². The molecular weight excluding hydrogens is 348 g/mol. The zero-order chi connectivity index (χ0) is 17.2. The van der Waals surface area contributed by atoms with Crippen LogP contribution in [0.4, 0.5) is 5.69 Å². The number of para-hydroxylation sites is 1. The van der Waals surface area contributed by atoms with Crippen molar-refractivity contribution in [2.24, 2.45) is 5.14 Å². The van der Waals surface area contributed by atoms with Gasteiger partial charge in [-0.25, -0.2) is 13.6 Å². The quantitative estimate of drug-likeness (QED) is 0.902. The van der Waals surface area contributed by atoms with Crippen LogP contribution in [0.5, 0.6) is 5.75 Å². The number of rotatable bonds is 4. The summed E-state index contributed by atoms with van der Waals surface area (Å²) < 4.78 is 28.7. The summed E-state index contributed by atoms with van der Waals surface area (Å²) >= 11 is 6.15. The Kier molecular flexibility index (Phi) is 4.99. The van der Waals surface area contributed by atoms with Gasteiger partial charge in [0.1, 0.15) is 11.9 Å². The lowest BCUT2D eigenvalue weighted by Crippen LogP contribution is -2.41. The second-order valence-corrected chi connectivity index (χ2v) is 7.77. The number of benzene rings is 2. The number of hydrogen-bond acceptors (Lipinski definition) is 4. The monoisotopic (exact) mass is 366 g/mol. The van der Waals surface area contributed by atoms with E-state index in [1.165, 1.54) is 12.1 Å². The molecule has 1 atom stereocenters. The Morgan fingerprint density at radius 1 is 1.12 bits per heavy atom. The van der Waals surface area contributed by atoms with Gasteiger partial charge in [-0.2, -0.15) is 0 Å². The molecule has 128 valence electrons. The fourth-order valence-electron chi connectivity index (χ4n) is 2.84. The van der Waals surface area contributed by atoms with Crippen molar-refractivity contribution in [3.05, 3.63) is 53.6 Å². The van der Waals surface area contributed by atoms with E-state index in [1.54, 1.807) is 12.1 Å². The maximum Gasteiger partial charge on any atom is 0.238 e. The molecule has 2 N–H and O–H groups in total. The molecule has 0 saturated carbocycles. The van der Waals surface area contributed by atoms with Crippen molar-refractivity contribution in [2.75, 3.05) is 18.0 Å². The van der Waals surface area contributed by atoms with E-state index < -0.39 is 10.0 Å². The summed E-state index contributed by atoms with van der Waals surface area (Å²) in [5.41, 5.74) is 0.954. The van der Waals surface area contributed by atoms with Crippen LogP contribution in [0.2, 0.25) is 5.02 Å². The molecule has 1 unspecified atom stereocenters. The molecule has 2 aromatic carbocycles. The number of piperidine rings is 1. The first-order valence-corrected chi connectivity index (χ1v) is 9.65. The Hall–Kier alpha value is -1.76. The number of hydrogen-bond donors (Lipinski definition) is 1. The van der Waals surface area contributed by atoms with Crippen LogP contribution in [0.15, 0.2) is 53.4 Å². The minimum absolute atomic E-state index is 0.0385. The Morgan fingerprint density at radius 2 is 1.83 bits per heavy atom. The van der Waals surface area contributed by atoms with Crippen molar-refractivity contribution < 1.29 is 13.2 Å². The molecule has 5 nitrogen and oxygen atoms in total. The topological polar surface area (TPSA) is 72.6 Å². The summed E-state index contributed by atoms with van der Waals surface area (Å²) in [4.78, 5) is 2.30. The van der Waals surface area contributed by atoms with Crippen LogP contribution in [0, 0.1) is 0 Å². The molecule has 0 bridgehead atoms. The molecule has 2 aromatic rings. The summed E-state index contributed by atoms with van der Waals surface area (Å²) in [6.45, 7) is 1.62. The maximum atomic E-state index is 11.3. The lowest BCUT2D eigenvalue weighted by molar-refractivity contribution is 0.179. The molecule has 24 heavy (non-hydrogen) atoms. The largest absolute Gasteiger partial charge is 0.487 e. The van der Waals surface area contributed by atoms with Gasteiger partial charge in [-0.1, -0.05) is 23.7 Å². The van der Waals surface area contributed by atoms with E-state index in [-0.39, 0.29) is 11.0 Å². The number of ether oxygens (including phenoxy) is 1. The molecule has 0 radical (unpaired) electrons. The van der Waals surface area contributed by atoms with Crippen molar-refractivity contribution in [1.82, 2.24) is 0 Å². The second-order valence-electron chi connectivity index (χ2n) is 5.80. The maximum absolute atomic E-state index is 11.3. The third-order valence-electron chi connectivity index (χ3n) is 4.04. The number of halogens is 1. The molecule has 7 heteroatoms. The number of primary sulfonamides is 1. The van der Waals surface area contributed by atoms with E-state index in [4.69, 9.17) is 21.5 Å². The minimum Gasteiger partial charge on any atom is -0.487 e. The second kappa shape index (κ2) is 7.01. The summed E-state index contributed by atoms with van der Waals surface area (Å²) in [7, 11) is -3.66. The highest BCUT2D eigenvalue weighted by Crippen LogP contribution is 2.28. The Balaban J connectivity index is 1.70. The van der Waals surface area contributed by atoms with Crippen LogP contribution < -0.4 is 14.8 Å². The highest BCUT2D eigenvalue weighted by molar-refractivity contribution is 7.89. The molecule has 1 aliphatic rings. The van der Waals surface area contributed by atoms with Crippen molar-refractivity contribution in [3.8, 4) is 5.75 Å². The average molecular weight is 367 g/mol. The average Bonchev–Trinajstić information content (AvgIpc) is 2.57. The Bertz CT molecular complexity index is 809. The number of sulfonamides is 1. The molecule has 3 rings (SSSR count). The summed E-state index contributed by atoms with van der Waals surface area (Å²) in [6, 6.07) is 14.1. The molecule has 1 saturated heterocycles. The fourth-order valence-corrected chi connectivity index (χ4v) is 3.53. The Labute approximate surface area is 147 Å². The first kappa shape index (κ1) is 17.1. The van der Waals surface area contributed by atoms with Crippen LogP contribution in [0.3, 0.4) is 0 Å². The van der Waals surface area contributed by atoms with E-state index in [9.17, 15) is 8.42 Å². The zero-order valence-corrected chi connectivity index (χ0v) is 14.6. The predicted molar refractivity (Wildman–Crippen MR) is 95.1 cm³/mol. The standard InChI is InChI=1S/C17H19ClN2O3S/c18-16-5-1-2-6-17(16)23-14-4-3-11-20(12-14)13-7-9-15(10-8-13)24(19,21)22/h1-2,5-10,14H,3-4,11-12H2,(H2,19,21,22). The highest BCUT2D eigenvalue weighted by Gasteiger charge is 2.22. The zero-order valence-electron chi connectivity index (χ0n) is 13.1. The molecular formula is C17H19ClN2O3S. The van der Waals surface area contributed by atoms with Gasteiger partial charge < -0.3 is 9.64 Å². The van der Waals surface area contributed by atoms with Crippen LogP contribution in [-0.4, -0.2) is 27.6 Å². The van der Waals surface area contributed by atoms with Crippen LogP contribution >= 0.6 is 11.6 Å². The van der Waals surface area contributed by atoms with Gasteiger partial charge in [0, 0.05) is 12.2 Å². The Morgan fingerprint density at radius 3 is 2.50 bits per heavy atom. The third-order valence-corrected chi connectivity index (χ3v) is 5.28. The molecule has 0 aromatic heterocycles. The van der Waals surface area contributed by atoms with Gasteiger partial charge in [0.2, 0.25) is 10.0 Å². The van der Waals surface area contributed by atoms with Crippen LogP contribution in [0.25, 0.3) is 0 Å². The number of nitrogens with zero attached hydrogens (tertiary/aromatic N) is 1. The van der Waals surface area contributed by atoms with Gasteiger partial charge in [0.15, 0.2) is 0 Å². The summed E-state index contributed by atoms with van der Waals surface area (Å²) in [5, 5.41) is 5.74. The lowest BCUT2D eigenvalue weighted by Gasteiger charge is -2.34. The van der Waals surface area contributed by atoms with E-state index in [0.29, 0.717) is 10.8 Å². The highest BCUT2D eigenvalue weighted by atomic mass is 35.5. The molecule has 0 amide bonds. The SMILES string of the molecule is NS(=O)(=O)c1ccc(N2CCCC(Oc3ccccc3Cl)C2)cc1. The molecule has 1 heterocycles. The van der Waals surface area contributed by atoms with Crippen LogP contribution in [-0.2, 0) is 10.0 Å². The van der Waals surface area contributed by atoms with Crippen molar-refractivity contribution in [3.63, 3.8) is 0 Å².